The maximum Gasteiger partial charge on any atom is 0.193 e. The number of nitrogens with zero attached hydrogens (tertiary/aromatic N) is 3. The predicted octanol–water partition coefficient (Wildman–Crippen LogP) is 1.97. The summed E-state index contributed by atoms with van der Waals surface area (Å²) in [6, 6.07) is 0. The molecule has 1 saturated heterocycles. The van der Waals surface area contributed by atoms with E-state index in [0.29, 0.717) is 0 Å². The number of aromatic nitrogens is 2. The first-order chi connectivity index (χ1) is 8.71. The van der Waals surface area contributed by atoms with E-state index in [1.807, 2.05) is 0 Å². The molecule has 1 aliphatic rings. The highest BCUT2D eigenvalue weighted by Crippen LogP contribution is 2.23. The van der Waals surface area contributed by atoms with E-state index in [4.69, 9.17) is 0 Å². The molecule has 0 aromatic carbocycles. The summed E-state index contributed by atoms with van der Waals surface area (Å²) in [7, 11) is 0. The number of fused-ring (bicyclic) bond motifs is 1. The first kappa shape index (κ1) is 12.1. The maximum atomic E-state index is 4.69. The lowest BCUT2D eigenvalue weighted by atomic mass is 9.94. The number of rotatable bonds is 3. The molecule has 5 heteroatoms. The highest BCUT2D eigenvalue weighted by Gasteiger charge is 2.32. The lowest BCUT2D eigenvalue weighted by Gasteiger charge is -2.44. The second-order valence-electron chi connectivity index (χ2n) is 5.27. The van der Waals surface area contributed by atoms with Crippen LogP contribution in [0, 0.1) is 0 Å². The minimum atomic E-state index is 0.259. The molecule has 0 bridgehead atoms. The maximum absolute atomic E-state index is 4.69. The van der Waals surface area contributed by atoms with Crippen LogP contribution in [0.4, 0.5) is 0 Å². The summed E-state index contributed by atoms with van der Waals surface area (Å²) >= 11 is 1.70. The van der Waals surface area contributed by atoms with E-state index >= 15 is 0 Å². The molecular formula is C13H20N4S. The number of hydrogen-bond donors (Lipinski definition) is 1. The van der Waals surface area contributed by atoms with Gasteiger partial charge in [-0.15, -0.1) is 11.3 Å². The lowest BCUT2D eigenvalue weighted by molar-refractivity contribution is 0.0627. The van der Waals surface area contributed by atoms with Crippen molar-refractivity contribution in [1.29, 1.82) is 0 Å². The van der Waals surface area contributed by atoms with Crippen LogP contribution < -0.4 is 5.32 Å². The third-order valence-electron chi connectivity index (χ3n) is 4.09. The fraction of sp³-hybridized carbons (Fsp3) is 0.615. The Balaban J connectivity index is 1.80. The molecule has 2 aromatic heterocycles. The SMILES string of the molecule is CCC1(C)CNCCN1Cc1cn2ccsc2n1. The zero-order valence-corrected chi connectivity index (χ0v) is 11.8. The monoisotopic (exact) mass is 264 g/mol. The quantitative estimate of drug-likeness (QED) is 0.920. The molecular weight excluding hydrogens is 244 g/mol. The standard InChI is InChI=1S/C13H20N4S/c1-3-13(2)10-14-4-5-17(13)9-11-8-16-6-7-18-12(16)15-11/h6-8,14H,3-5,9-10H2,1-2H3. The minimum absolute atomic E-state index is 0.259. The van der Waals surface area contributed by atoms with Gasteiger partial charge in [0.25, 0.3) is 0 Å². The van der Waals surface area contributed by atoms with Crippen molar-refractivity contribution >= 4 is 16.3 Å². The first-order valence-electron chi connectivity index (χ1n) is 6.58. The van der Waals surface area contributed by atoms with Crippen molar-refractivity contribution in [2.45, 2.75) is 32.4 Å². The van der Waals surface area contributed by atoms with Gasteiger partial charge in [-0.1, -0.05) is 6.92 Å². The van der Waals surface area contributed by atoms with Crippen LogP contribution >= 0.6 is 11.3 Å². The Bertz CT molecular complexity index is 503. The fourth-order valence-corrected chi connectivity index (χ4v) is 3.34. The van der Waals surface area contributed by atoms with Crippen molar-refractivity contribution in [2.24, 2.45) is 0 Å². The van der Waals surface area contributed by atoms with Crippen LogP contribution in [0.2, 0.25) is 0 Å². The molecule has 0 spiro atoms. The molecule has 0 radical (unpaired) electrons. The Kier molecular flexibility index (Phi) is 3.13. The van der Waals surface area contributed by atoms with Gasteiger partial charge in [0, 0.05) is 49.5 Å². The predicted molar refractivity (Wildman–Crippen MR) is 75.0 cm³/mol. The highest BCUT2D eigenvalue weighted by molar-refractivity contribution is 7.15. The Hall–Kier alpha value is -0.910. The topological polar surface area (TPSA) is 32.6 Å². The number of hydrogen-bond acceptors (Lipinski definition) is 4. The summed E-state index contributed by atoms with van der Waals surface area (Å²) in [6.45, 7) is 8.84. The van der Waals surface area contributed by atoms with E-state index < -0.39 is 0 Å². The average Bonchev–Trinajstić information content (AvgIpc) is 2.93. The molecule has 4 nitrogen and oxygen atoms in total. The van der Waals surface area contributed by atoms with Crippen LogP contribution in [0.25, 0.3) is 4.96 Å². The van der Waals surface area contributed by atoms with E-state index in [1.54, 1.807) is 11.3 Å². The summed E-state index contributed by atoms with van der Waals surface area (Å²) < 4.78 is 2.12. The number of nitrogens with one attached hydrogen (secondary N) is 1. The fourth-order valence-electron chi connectivity index (χ4n) is 2.62. The van der Waals surface area contributed by atoms with Crippen molar-refractivity contribution in [1.82, 2.24) is 19.6 Å². The van der Waals surface area contributed by atoms with Gasteiger partial charge in [-0.2, -0.15) is 0 Å². The number of imidazole rings is 1. The molecule has 1 fully saturated rings. The van der Waals surface area contributed by atoms with Gasteiger partial charge in [0.05, 0.1) is 5.69 Å². The summed E-state index contributed by atoms with van der Waals surface area (Å²) in [5.41, 5.74) is 1.44. The summed E-state index contributed by atoms with van der Waals surface area (Å²) in [4.78, 5) is 8.35. The van der Waals surface area contributed by atoms with Gasteiger partial charge in [-0.3, -0.25) is 9.30 Å². The normalized spacial score (nSPS) is 25.9. The van der Waals surface area contributed by atoms with E-state index in [2.05, 4.69) is 51.2 Å². The first-order valence-corrected chi connectivity index (χ1v) is 7.46. The van der Waals surface area contributed by atoms with E-state index in [0.717, 1.165) is 31.1 Å². The number of thiazole rings is 1. The van der Waals surface area contributed by atoms with Crippen LogP contribution in [0.1, 0.15) is 26.0 Å². The summed E-state index contributed by atoms with van der Waals surface area (Å²) in [5.74, 6) is 0. The smallest absolute Gasteiger partial charge is 0.193 e. The number of piperazine rings is 1. The van der Waals surface area contributed by atoms with Crippen LogP contribution in [0.3, 0.4) is 0 Å². The van der Waals surface area contributed by atoms with Gasteiger partial charge in [-0.25, -0.2) is 4.98 Å². The van der Waals surface area contributed by atoms with Gasteiger partial charge in [0.15, 0.2) is 4.96 Å². The molecule has 18 heavy (non-hydrogen) atoms. The molecule has 3 heterocycles. The van der Waals surface area contributed by atoms with Crippen molar-refractivity contribution in [2.75, 3.05) is 19.6 Å². The van der Waals surface area contributed by atoms with Gasteiger partial charge in [0.1, 0.15) is 0 Å². The molecule has 0 amide bonds. The molecule has 3 rings (SSSR count). The van der Waals surface area contributed by atoms with E-state index in [-0.39, 0.29) is 5.54 Å². The minimum Gasteiger partial charge on any atom is -0.314 e. The molecule has 1 unspecified atom stereocenters. The molecule has 98 valence electrons. The Labute approximate surface area is 112 Å². The third kappa shape index (κ3) is 2.06. The highest BCUT2D eigenvalue weighted by atomic mass is 32.1. The third-order valence-corrected chi connectivity index (χ3v) is 4.86. The second kappa shape index (κ2) is 4.64. The van der Waals surface area contributed by atoms with Crippen LogP contribution in [0.15, 0.2) is 17.8 Å². The largest absolute Gasteiger partial charge is 0.314 e. The van der Waals surface area contributed by atoms with Crippen molar-refractivity contribution in [3.05, 3.63) is 23.5 Å². The van der Waals surface area contributed by atoms with Gasteiger partial charge in [-0.05, 0) is 13.3 Å². The zero-order chi connectivity index (χ0) is 12.6. The summed E-state index contributed by atoms with van der Waals surface area (Å²) in [6.07, 6.45) is 5.40. The van der Waals surface area contributed by atoms with Crippen LogP contribution in [-0.2, 0) is 6.54 Å². The van der Waals surface area contributed by atoms with E-state index in [9.17, 15) is 0 Å². The van der Waals surface area contributed by atoms with Gasteiger partial charge < -0.3 is 5.32 Å². The van der Waals surface area contributed by atoms with Crippen LogP contribution in [-0.4, -0.2) is 39.5 Å². The molecule has 2 aromatic rings. The van der Waals surface area contributed by atoms with Gasteiger partial charge in [0.2, 0.25) is 0 Å². The van der Waals surface area contributed by atoms with Crippen molar-refractivity contribution < 1.29 is 0 Å². The molecule has 0 aliphatic carbocycles. The molecule has 1 atom stereocenters. The Morgan fingerprint density at radius 2 is 2.44 bits per heavy atom. The second-order valence-corrected chi connectivity index (χ2v) is 6.15. The Morgan fingerprint density at radius 1 is 1.56 bits per heavy atom. The average molecular weight is 264 g/mol. The molecule has 1 aliphatic heterocycles. The van der Waals surface area contributed by atoms with Gasteiger partial charge >= 0.3 is 0 Å². The molecule has 0 saturated carbocycles. The van der Waals surface area contributed by atoms with E-state index in [1.165, 1.54) is 12.1 Å². The summed E-state index contributed by atoms with van der Waals surface area (Å²) in [5, 5.41) is 5.57. The Morgan fingerprint density at radius 3 is 3.22 bits per heavy atom. The zero-order valence-electron chi connectivity index (χ0n) is 11.0. The lowest BCUT2D eigenvalue weighted by Crippen LogP contribution is -2.58. The molecule has 1 N–H and O–H groups in total. The van der Waals surface area contributed by atoms with Crippen molar-refractivity contribution in [3.8, 4) is 0 Å². The van der Waals surface area contributed by atoms with Crippen molar-refractivity contribution in [3.63, 3.8) is 0 Å². The van der Waals surface area contributed by atoms with Crippen LogP contribution in [0.5, 0.6) is 0 Å².